The highest BCUT2D eigenvalue weighted by Crippen LogP contribution is 2.10. The fourth-order valence-corrected chi connectivity index (χ4v) is 1.01. The van der Waals surface area contributed by atoms with Crippen LogP contribution in [0.2, 0.25) is 0 Å². The van der Waals surface area contributed by atoms with Crippen molar-refractivity contribution in [3.05, 3.63) is 12.2 Å². The van der Waals surface area contributed by atoms with Crippen LogP contribution in [-0.4, -0.2) is 37.8 Å². The van der Waals surface area contributed by atoms with Crippen LogP contribution in [-0.2, 0) is 9.53 Å². The smallest absolute Gasteiger partial charge is 0.337 e. The highest BCUT2D eigenvalue weighted by molar-refractivity contribution is 5.86. The minimum Gasteiger partial charge on any atom is -1.00 e. The van der Waals surface area contributed by atoms with Crippen LogP contribution in [0.25, 0.3) is 0 Å². The van der Waals surface area contributed by atoms with E-state index in [4.69, 9.17) is 4.74 Å². The molecule has 0 aliphatic heterocycles. The number of ether oxygens (including phenoxy) is 1. The molecule has 0 aromatic rings. The topological polar surface area (TPSA) is 26.3 Å². The molecule has 0 aromatic carbocycles. The molecular weight excluding hydrogens is 246 g/mol. The van der Waals surface area contributed by atoms with Crippen molar-refractivity contribution < 1.29 is 31.0 Å². The molecule has 0 N–H and O–H groups in total. The number of carbonyl (C=O) groups excluding carboxylic acids is 1. The van der Waals surface area contributed by atoms with Gasteiger partial charge in [-0.05, 0) is 6.92 Å². The zero-order valence-electron chi connectivity index (χ0n) is 9.63. The number of carbonyl (C=O) groups is 1. The molecule has 0 aromatic heterocycles. The summed E-state index contributed by atoms with van der Waals surface area (Å²) in [7, 11) is 6.00. The van der Waals surface area contributed by atoms with Crippen LogP contribution < -0.4 is 17.0 Å². The average Bonchev–Trinajstić information content (AvgIpc) is 1.96. The van der Waals surface area contributed by atoms with Gasteiger partial charge in [0.15, 0.2) is 0 Å². The molecule has 0 aliphatic rings. The predicted octanol–water partition coefficient (Wildman–Crippen LogP) is -1.45. The van der Waals surface area contributed by atoms with Crippen LogP contribution in [0.15, 0.2) is 12.2 Å². The summed E-state index contributed by atoms with van der Waals surface area (Å²) in [5.41, 5.74) is 0.451. The lowest BCUT2D eigenvalue weighted by Gasteiger charge is -2.32. The van der Waals surface area contributed by atoms with Crippen LogP contribution in [0.4, 0.5) is 0 Å². The number of halogens is 1. The Morgan fingerprint density at radius 2 is 1.86 bits per heavy atom. The lowest BCUT2D eigenvalue weighted by atomic mass is 10.3. The average molecular weight is 266 g/mol. The third-order valence-electron chi connectivity index (χ3n) is 1.80. The predicted molar refractivity (Wildman–Crippen MR) is 53.0 cm³/mol. The Bertz CT molecular complexity index is 209. The molecule has 14 heavy (non-hydrogen) atoms. The van der Waals surface area contributed by atoms with Gasteiger partial charge in [-0.1, -0.05) is 13.5 Å². The summed E-state index contributed by atoms with van der Waals surface area (Å²) in [5.74, 6) is -0.306. The van der Waals surface area contributed by atoms with Crippen molar-refractivity contribution in [1.29, 1.82) is 0 Å². The van der Waals surface area contributed by atoms with Gasteiger partial charge in [-0.15, -0.1) is 0 Å². The Kier molecular flexibility index (Phi) is 7.12. The van der Waals surface area contributed by atoms with Crippen LogP contribution >= 0.6 is 0 Å². The SMILES string of the molecule is C=C(C)C(=O)OC(CC)[N+](C)(C)C.[Br-]. The second-order valence-corrected chi connectivity index (χ2v) is 4.16. The molecule has 0 heterocycles. The first-order chi connectivity index (χ1) is 5.79. The van der Waals surface area contributed by atoms with E-state index >= 15 is 0 Å². The van der Waals surface area contributed by atoms with Crippen molar-refractivity contribution >= 4 is 5.97 Å². The fourth-order valence-electron chi connectivity index (χ4n) is 1.01. The molecule has 0 rings (SSSR count). The molecule has 0 spiro atoms. The van der Waals surface area contributed by atoms with Gasteiger partial charge >= 0.3 is 5.97 Å². The van der Waals surface area contributed by atoms with Crippen molar-refractivity contribution in [3.8, 4) is 0 Å². The van der Waals surface area contributed by atoms with Gasteiger partial charge in [-0.25, -0.2) is 4.79 Å². The van der Waals surface area contributed by atoms with Crippen LogP contribution in [0, 0.1) is 0 Å². The fraction of sp³-hybridized carbons (Fsp3) is 0.700. The summed E-state index contributed by atoms with van der Waals surface area (Å²) in [4.78, 5) is 11.2. The van der Waals surface area contributed by atoms with E-state index in [0.717, 1.165) is 6.42 Å². The Morgan fingerprint density at radius 3 is 2.07 bits per heavy atom. The van der Waals surface area contributed by atoms with Gasteiger partial charge in [0.1, 0.15) is 0 Å². The zero-order chi connectivity index (χ0) is 10.6. The molecular formula is C10H20BrNO2. The van der Waals surface area contributed by atoms with Crippen molar-refractivity contribution in [2.45, 2.75) is 26.5 Å². The minimum atomic E-state index is -0.306. The molecule has 0 bridgehead atoms. The molecule has 84 valence electrons. The van der Waals surface area contributed by atoms with E-state index in [9.17, 15) is 4.79 Å². The van der Waals surface area contributed by atoms with Crippen molar-refractivity contribution in [1.82, 2.24) is 0 Å². The monoisotopic (exact) mass is 265 g/mol. The van der Waals surface area contributed by atoms with Gasteiger partial charge in [-0.2, -0.15) is 0 Å². The Morgan fingerprint density at radius 1 is 1.43 bits per heavy atom. The molecule has 1 unspecified atom stereocenters. The first-order valence-corrected chi connectivity index (χ1v) is 4.46. The first-order valence-electron chi connectivity index (χ1n) is 4.46. The number of rotatable bonds is 4. The van der Waals surface area contributed by atoms with E-state index in [1.165, 1.54) is 0 Å². The molecule has 0 saturated heterocycles. The zero-order valence-corrected chi connectivity index (χ0v) is 11.2. The third-order valence-corrected chi connectivity index (χ3v) is 1.80. The second kappa shape index (κ2) is 6.19. The molecule has 1 atom stereocenters. The molecule has 0 aliphatic carbocycles. The maximum atomic E-state index is 11.2. The molecule has 4 heteroatoms. The van der Waals surface area contributed by atoms with E-state index in [1.54, 1.807) is 6.92 Å². The quantitative estimate of drug-likeness (QED) is 0.269. The van der Waals surface area contributed by atoms with Gasteiger partial charge in [0.2, 0.25) is 6.23 Å². The summed E-state index contributed by atoms with van der Waals surface area (Å²) in [6, 6.07) is 0. The van der Waals surface area contributed by atoms with E-state index in [-0.39, 0.29) is 29.2 Å². The standard InChI is InChI=1S/C10H20NO2.BrH/c1-7-9(11(4,5)6)13-10(12)8(2)3;/h9H,2,7H2,1,3-6H3;1H/q+1;/p-1. The molecule has 0 fully saturated rings. The molecule has 3 nitrogen and oxygen atoms in total. The number of hydrogen-bond donors (Lipinski definition) is 0. The van der Waals surface area contributed by atoms with Crippen molar-refractivity contribution in [2.24, 2.45) is 0 Å². The Balaban J connectivity index is 0. The Hall–Kier alpha value is -0.350. The summed E-state index contributed by atoms with van der Waals surface area (Å²) in [6.07, 6.45) is 0.715. The van der Waals surface area contributed by atoms with Gasteiger partial charge in [0.05, 0.1) is 21.1 Å². The highest BCUT2D eigenvalue weighted by atomic mass is 79.9. The van der Waals surface area contributed by atoms with Crippen LogP contribution in [0.3, 0.4) is 0 Å². The number of nitrogens with zero attached hydrogens (tertiary/aromatic N) is 1. The first kappa shape index (κ1) is 16.1. The lowest BCUT2D eigenvalue weighted by Crippen LogP contribution is -3.00. The number of hydrogen-bond acceptors (Lipinski definition) is 2. The van der Waals surface area contributed by atoms with Crippen molar-refractivity contribution in [3.63, 3.8) is 0 Å². The maximum Gasteiger partial charge on any atom is 0.337 e. The summed E-state index contributed by atoms with van der Waals surface area (Å²) >= 11 is 0. The summed E-state index contributed by atoms with van der Waals surface area (Å²) in [5, 5.41) is 0. The van der Waals surface area contributed by atoms with Gasteiger partial charge in [0, 0.05) is 12.0 Å². The normalized spacial score (nSPS) is 12.6. The third kappa shape index (κ3) is 5.40. The molecule has 0 amide bonds. The van der Waals surface area contributed by atoms with Gasteiger partial charge in [-0.3, -0.25) is 4.48 Å². The van der Waals surface area contributed by atoms with E-state index < -0.39 is 0 Å². The maximum absolute atomic E-state index is 11.2. The lowest BCUT2D eigenvalue weighted by molar-refractivity contribution is -0.916. The number of esters is 1. The molecule has 0 saturated carbocycles. The number of quaternary nitrogens is 1. The van der Waals surface area contributed by atoms with Crippen LogP contribution in [0.5, 0.6) is 0 Å². The van der Waals surface area contributed by atoms with Crippen LogP contribution in [0.1, 0.15) is 20.3 Å². The van der Waals surface area contributed by atoms with E-state index in [1.807, 2.05) is 28.1 Å². The van der Waals surface area contributed by atoms with E-state index in [2.05, 4.69) is 6.58 Å². The Labute approximate surface area is 97.1 Å². The minimum absolute atomic E-state index is 0. The second-order valence-electron chi connectivity index (χ2n) is 4.16. The van der Waals surface area contributed by atoms with Gasteiger partial charge in [0.25, 0.3) is 0 Å². The largest absolute Gasteiger partial charge is 1.00 e. The molecule has 0 radical (unpaired) electrons. The summed E-state index contributed by atoms with van der Waals surface area (Å²) < 4.78 is 5.88. The van der Waals surface area contributed by atoms with Crippen molar-refractivity contribution in [2.75, 3.05) is 21.1 Å². The van der Waals surface area contributed by atoms with E-state index in [0.29, 0.717) is 10.1 Å². The summed E-state index contributed by atoms with van der Waals surface area (Å²) in [6.45, 7) is 7.20. The highest BCUT2D eigenvalue weighted by Gasteiger charge is 2.25. The van der Waals surface area contributed by atoms with Gasteiger partial charge < -0.3 is 21.7 Å².